The molecule has 1 saturated carbocycles. The maximum absolute atomic E-state index is 11.7. The minimum atomic E-state index is -0.745. The van der Waals surface area contributed by atoms with Crippen molar-refractivity contribution in [1.29, 1.82) is 0 Å². The minimum Gasteiger partial charge on any atom is -0.277 e. The zero-order valence-corrected chi connectivity index (χ0v) is 8.87. The first kappa shape index (κ1) is 10.1. The van der Waals surface area contributed by atoms with Crippen molar-refractivity contribution in [3.8, 4) is 0 Å². The van der Waals surface area contributed by atoms with E-state index in [0.717, 1.165) is 12.8 Å². The summed E-state index contributed by atoms with van der Waals surface area (Å²) >= 11 is 0. The lowest BCUT2D eigenvalue weighted by Gasteiger charge is -2.30. The van der Waals surface area contributed by atoms with Gasteiger partial charge in [0.1, 0.15) is 5.92 Å². The van der Waals surface area contributed by atoms with E-state index in [0.29, 0.717) is 6.54 Å². The molecule has 0 radical (unpaired) electrons. The Hall–Kier alpha value is -1.39. The summed E-state index contributed by atoms with van der Waals surface area (Å²) in [6.45, 7) is 3.98. The molecule has 1 unspecified atom stereocenters. The molecule has 82 valence electrons. The highest BCUT2D eigenvalue weighted by Crippen LogP contribution is 2.45. The van der Waals surface area contributed by atoms with Crippen molar-refractivity contribution >= 4 is 17.8 Å². The van der Waals surface area contributed by atoms with E-state index in [1.165, 1.54) is 11.8 Å². The number of barbiturate groups is 1. The fraction of sp³-hybridized carbons (Fsp3) is 0.700. The Morgan fingerprint density at radius 3 is 2.53 bits per heavy atom. The van der Waals surface area contributed by atoms with Crippen LogP contribution in [0.15, 0.2) is 0 Å². The Balaban J connectivity index is 2.12. The number of carbonyl (C=O) groups excluding carboxylic acids is 3. The monoisotopic (exact) mass is 210 g/mol. The van der Waals surface area contributed by atoms with E-state index in [1.54, 1.807) is 0 Å². The molecule has 0 spiro atoms. The molecule has 15 heavy (non-hydrogen) atoms. The normalized spacial score (nSPS) is 29.1. The van der Waals surface area contributed by atoms with Crippen molar-refractivity contribution in [1.82, 2.24) is 10.2 Å². The van der Waals surface area contributed by atoms with Crippen LogP contribution in [0, 0.1) is 11.3 Å². The van der Waals surface area contributed by atoms with Gasteiger partial charge in [0.25, 0.3) is 0 Å². The molecule has 1 aliphatic heterocycles. The van der Waals surface area contributed by atoms with Gasteiger partial charge in [-0.25, -0.2) is 4.79 Å². The number of rotatable bonds is 2. The fourth-order valence-electron chi connectivity index (χ4n) is 1.63. The van der Waals surface area contributed by atoms with E-state index >= 15 is 0 Å². The van der Waals surface area contributed by atoms with Gasteiger partial charge < -0.3 is 0 Å². The Labute approximate surface area is 87.8 Å². The maximum Gasteiger partial charge on any atom is 0.330 e. The van der Waals surface area contributed by atoms with Crippen molar-refractivity contribution in [3.05, 3.63) is 0 Å². The topological polar surface area (TPSA) is 66.5 Å². The molecule has 1 N–H and O–H groups in total. The van der Waals surface area contributed by atoms with Crippen LogP contribution in [0.3, 0.4) is 0 Å². The molecule has 1 heterocycles. The highest BCUT2D eigenvalue weighted by atomic mass is 16.2. The van der Waals surface area contributed by atoms with Crippen LogP contribution in [0.2, 0.25) is 0 Å². The lowest BCUT2D eigenvalue weighted by Crippen LogP contribution is -2.58. The Kier molecular flexibility index (Phi) is 2.06. The zero-order valence-electron chi connectivity index (χ0n) is 8.87. The first-order chi connectivity index (χ1) is 6.93. The van der Waals surface area contributed by atoms with E-state index in [2.05, 4.69) is 5.32 Å². The summed E-state index contributed by atoms with van der Waals surface area (Å²) in [5.41, 5.74) is 0.0765. The number of amides is 4. The van der Waals surface area contributed by atoms with Crippen LogP contribution < -0.4 is 5.32 Å². The van der Waals surface area contributed by atoms with Crippen LogP contribution in [0.5, 0.6) is 0 Å². The largest absolute Gasteiger partial charge is 0.330 e. The number of hydrogen-bond acceptors (Lipinski definition) is 3. The molecule has 0 aromatic rings. The Morgan fingerprint density at radius 2 is 2.00 bits per heavy atom. The summed E-state index contributed by atoms with van der Waals surface area (Å²) in [5.74, 6) is -1.62. The van der Waals surface area contributed by atoms with Gasteiger partial charge in [-0.1, -0.05) is 6.92 Å². The quantitative estimate of drug-likeness (QED) is 0.675. The van der Waals surface area contributed by atoms with Gasteiger partial charge in [-0.05, 0) is 25.2 Å². The molecule has 1 atom stereocenters. The van der Waals surface area contributed by atoms with Crippen LogP contribution >= 0.6 is 0 Å². The average Bonchev–Trinajstić information content (AvgIpc) is 2.89. The van der Waals surface area contributed by atoms with Crippen LogP contribution in [0.25, 0.3) is 0 Å². The highest BCUT2D eigenvalue weighted by molar-refractivity contribution is 6.15. The molecule has 1 aliphatic carbocycles. The third-order valence-electron chi connectivity index (χ3n) is 3.15. The molecule has 0 aromatic carbocycles. The molecule has 5 nitrogen and oxygen atoms in total. The summed E-state index contributed by atoms with van der Waals surface area (Å²) in [6.07, 6.45) is 2.07. The Morgan fingerprint density at radius 1 is 1.40 bits per heavy atom. The van der Waals surface area contributed by atoms with Crippen LogP contribution in [-0.4, -0.2) is 29.3 Å². The van der Waals surface area contributed by atoms with Crippen molar-refractivity contribution in [2.24, 2.45) is 11.3 Å². The molecule has 2 rings (SSSR count). The van der Waals surface area contributed by atoms with Crippen LogP contribution in [0.4, 0.5) is 4.79 Å². The van der Waals surface area contributed by atoms with Gasteiger partial charge >= 0.3 is 6.03 Å². The number of nitrogens with zero attached hydrogens (tertiary/aromatic N) is 1. The SMILES string of the molecule is CC1C(=O)NC(=O)N(CC2(C)CC2)C1=O. The third kappa shape index (κ3) is 1.73. The summed E-state index contributed by atoms with van der Waals surface area (Å²) in [6, 6.07) is -0.573. The second-order valence-corrected chi connectivity index (χ2v) is 4.75. The molecule has 0 aromatic heterocycles. The number of imide groups is 2. The fourth-order valence-corrected chi connectivity index (χ4v) is 1.63. The molecule has 5 heteroatoms. The standard InChI is InChI=1S/C10H14N2O3/c1-6-7(13)11-9(15)12(8(6)14)5-10(2)3-4-10/h6H,3-5H2,1-2H3,(H,11,13,15). The lowest BCUT2D eigenvalue weighted by atomic mass is 10.0. The molecule has 0 bridgehead atoms. The van der Waals surface area contributed by atoms with Crippen molar-refractivity contribution in [2.45, 2.75) is 26.7 Å². The second kappa shape index (κ2) is 3.05. The highest BCUT2D eigenvalue weighted by Gasteiger charge is 2.45. The van der Waals surface area contributed by atoms with Crippen molar-refractivity contribution in [2.75, 3.05) is 6.54 Å². The maximum atomic E-state index is 11.7. The van der Waals surface area contributed by atoms with E-state index in [-0.39, 0.29) is 11.3 Å². The first-order valence-electron chi connectivity index (χ1n) is 5.09. The zero-order chi connectivity index (χ0) is 11.2. The molecule has 2 fully saturated rings. The van der Waals surface area contributed by atoms with Crippen molar-refractivity contribution in [3.63, 3.8) is 0 Å². The predicted molar refractivity (Wildman–Crippen MR) is 51.8 cm³/mol. The summed E-state index contributed by atoms with van der Waals surface area (Å²) in [5, 5.41) is 2.19. The molecule has 2 aliphatic rings. The molecule has 1 saturated heterocycles. The molecule has 4 amide bonds. The number of nitrogens with one attached hydrogen (secondary N) is 1. The smallest absolute Gasteiger partial charge is 0.277 e. The number of urea groups is 1. The van der Waals surface area contributed by atoms with Crippen LogP contribution in [-0.2, 0) is 9.59 Å². The van der Waals surface area contributed by atoms with Crippen molar-refractivity contribution < 1.29 is 14.4 Å². The number of hydrogen-bond donors (Lipinski definition) is 1. The number of carbonyl (C=O) groups is 3. The average molecular weight is 210 g/mol. The van der Waals surface area contributed by atoms with Gasteiger partial charge in [-0.15, -0.1) is 0 Å². The first-order valence-corrected chi connectivity index (χ1v) is 5.09. The summed E-state index contributed by atoms with van der Waals surface area (Å²) in [7, 11) is 0. The van der Waals surface area contributed by atoms with Crippen LogP contribution in [0.1, 0.15) is 26.7 Å². The Bertz CT molecular complexity index is 347. The lowest BCUT2D eigenvalue weighted by molar-refractivity contribution is -0.142. The summed E-state index contributed by atoms with van der Waals surface area (Å²) in [4.78, 5) is 35.5. The third-order valence-corrected chi connectivity index (χ3v) is 3.15. The summed E-state index contributed by atoms with van der Waals surface area (Å²) < 4.78 is 0. The van der Waals surface area contributed by atoms with Gasteiger partial charge in [-0.3, -0.25) is 19.8 Å². The van der Waals surface area contributed by atoms with Gasteiger partial charge in [0.15, 0.2) is 0 Å². The van der Waals surface area contributed by atoms with Gasteiger partial charge in [0, 0.05) is 6.54 Å². The van der Waals surface area contributed by atoms with E-state index in [1.807, 2.05) is 6.92 Å². The van der Waals surface area contributed by atoms with Gasteiger partial charge in [0.05, 0.1) is 0 Å². The second-order valence-electron chi connectivity index (χ2n) is 4.75. The van der Waals surface area contributed by atoms with Gasteiger partial charge in [-0.2, -0.15) is 0 Å². The van der Waals surface area contributed by atoms with Gasteiger partial charge in [0.2, 0.25) is 11.8 Å². The van der Waals surface area contributed by atoms with E-state index in [9.17, 15) is 14.4 Å². The van der Waals surface area contributed by atoms with E-state index < -0.39 is 17.9 Å². The minimum absolute atomic E-state index is 0.0765. The predicted octanol–water partition coefficient (Wildman–Crippen LogP) is 0.501. The molecular weight excluding hydrogens is 196 g/mol. The molecular formula is C10H14N2O3. The van der Waals surface area contributed by atoms with E-state index in [4.69, 9.17) is 0 Å².